The molecule has 0 saturated heterocycles. The van der Waals surface area contributed by atoms with E-state index in [4.69, 9.17) is 4.74 Å². The van der Waals surface area contributed by atoms with Gasteiger partial charge >= 0.3 is 0 Å². The molecule has 160 valence electrons. The predicted octanol–water partition coefficient (Wildman–Crippen LogP) is 7.91. The van der Waals surface area contributed by atoms with Crippen LogP contribution >= 0.6 is 0 Å². The first-order valence-electron chi connectivity index (χ1n) is 11.5. The molecule has 0 radical (unpaired) electrons. The Kier molecular flexibility index (Phi) is 6.55. The maximum Gasteiger partial charge on any atom is 0.201 e. The molecule has 1 nitrogen and oxygen atoms in total. The molecule has 4 rings (SSSR count). The van der Waals surface area contributed by atoms with E-state index in [-0.39, 0.29) is 11.3 Å². The van der Waals surface area contributed by atoms with E-state index in [9.17, 15) is 8.78 Å². The van der Waals surface area contributed by atoms with E-state index in [1.807, 2.05) is 12.1 Å². The SMILES string of the molecule is CCC/C=C/C1CCC2C(c3ccc(-c4ccc(OCC)c(F)c4F)cc3)CCC12. The fourth-order valence-electron chi connectivity index (χ4n) is 5.67. The summed E-state index contributed by atoms with van der Waals surface area (Å²) in [6.07, 6.45) is 12.4. The summed E-state index contributed by atoms with van der Waals surface area (Å²) in [7, 11) is 0. The zero-order chi connectivity index (χ0) is 21.1. The van der Waals surface area contributed by atoms with Crippen LogP contribution in [0.25, 0.3) is 11.1 Å². The molecule has 2 aromatic carbocycles. The molecule has 0 bridgehead atoms. The number of fused-ring (bicyclic) bond motifs is 1. The largest absolute Gasteiger partial charge is 0.491 e. The summed E-state index contributed by atoms with van der Waals surface area (Å²) in [5.41, 5.74) is 2.34. The summed E-state index contributed by atoms with van der Waals surface area (Å²) in [6, 6.07) is 11.2. The Balaban J connectivity index is 1.49. The normalized spacial score (nSPS) is 25.7. The Labute approximate surface area is 179 Å². The molecule has 0 amide bonds. The molecular weight excluding hydrogens is 378 g/mol. The highest BCUT2D eigenvalue weighted by atomic mass is 19.2. The highest BCUT2D eigenvalue weighted by Crippen LogP contribution is 2.54. The van der Waals surface area contributed by atoms with Crippen LogP contribution in [0.15, 0.2) is 48.6 Å². The number of hydrogen-bond acceptors (Lipinski definition) is 1. The van der Waals surface area contributed by atoms with Gasteiger partial charge in [-0.2, -0.15) is 4.39 Å². The van der Waals surface area contributed by atoms with Crippen molar-refractivity contribution in [2.24, 2.45) is 17.8 Å². The summed E-state index contributed by atoms with van der Waals surface area (Å²) in [6.45, 7) is 4.29. The van der Waals surface area contributed by atoms with Crippen molar-refractivity contribution in [2.75, 3.05) is 6.61 Å². The van der Waals surface area contributed by atoms with Crippen LogP contribution in [0.1, 0.15) is 63.9 Å². The molecule has 0 N–H and O–H groups in total. The summed E-state index contributed by atoms with van der Waals surface area (Å²) in [5.74, 6) is 1.11. The second-order valence-electron chi connectivity index (χ2n) is 8.76. The van der Waals surface area contributed by atoms with Crippen LogP contribution in [0.5, 0.6) is 5.75 Å². The first kappa shape index (κ1) is 21.1. The molecule has 2 aromatic rings. The van der Waals surface area contributed by atoms with E-state index in [1.54, 1.807) is 13.0 Å². The van der Waals surface area contributed by atoms with Crippen molar-refractivity contribution in [2.45, 2.75) is 58.3 Å². The van der Waals surface area contributed by atoms with Gasteiger partial charge in [0.05, 0.1) is 6.61 Å². The van der Waals surface area contributed by atoms with Crippen LogP contribution in [-0.4, -0.2) is 6.61 Å². The van der Waals surface area contributed by atoms with E-state index in [1.165, 1.54) is 50.2 Å². The Morgan fingerprint density at radius 2 is 1.67 bits per heavy atom. The lowest BCUT2D eigenvalue weighted by Crippen LogP contribution is -2.11. The molecule has 4 unspecified atom stereocenters. The molecule has 4 atom stereocenters. The smallest absolute Gasteiger partial charge is 0.201 e. The first-order valence-corrected chi connectivity index (χ1v) is 11.5. The van der Waals surface area contributed by atoms with E-state index in [2.05, 4.69) is 31.2 Å². The van der Waals surface area contributed by atoms with E-state index in [0.29, 0.717) is 18.1 Å². The second kappa shape index (κ2) is 9.32. The zero-order valence-electron chi connectivity index (χ0n) is 18.0. The minimum Gasteiger partial charge on any atom is -0.491 e. The fraction of sp³-hybridized carbons (Fsp3) is 0.481. The maximum atomic E-state index is 14.6. The summed E-state index contributed by atoms with van der Waals surface area (Å²) < 4.78 is 34.0. The van der Waals surface area contributed by atoms with Crippen molar-refractivity contribution in [3.8, 4) is 16.9 Å². The van der Waals surface area contributed by atoms with Crippen molar-refractivity contribution in [1.82, 2.24) is 0 Å². The molecule has 2 aliphatic carbocycles. The van der Waals surface area contributed by atoms with Gasteiger partial charge in [0.2, 0.25) is 5.82 Å². The monoisotopic (exact) mass is 410 g/mol. The van der Waals surface area contributed by atoms with E-state index < -0.39 is 11.6 Å². The minimum absolute atomic E-state index is 0.0314. The van der Waals surface area contributed by atoms with Gasteiger partial charge in [-0.1, -0.05) is 49.8 Å². The van der Waals surface area contributed by atoms with Gasteiger partial charge < -0.3 is 4.74 Å². The Morgan fingerprint density at radius 1 is 0.900 bits per heavy atom. The standard InChI is InChI=1S/C27H32F2O/c1-3-5-6-7-18-12-13-24-21(18)14-15-22(24)19-8-10-20(11-9-19)23-16-17-25(30-4-2)27(29)26(23)28/h6-11,16-18,21-22,24H,3-5,12-15H2,1-2H3/b7-6+. The number of ether oxygens (including phenoxy) is 1. The summed E-state index contributed by atoms with van der Waals surface area (Å²) in [5, 5.41) is 0. The average Bonchev–Trinajstić information content (AvgIpc) is 3.35. The molecule has 2 saturated carbocycles. The van der Waals surface area contributed by atoms with Gasteiger partial charge in [0.25, 0.3) is 0 Å². The molecule has 0 aromatic heterocycles. The number of hydrogen-bond donors (Lipinski definition) is 0. The highest BCUT2D eigenvalue weighted by molar-refractivity contribution is 5.65. The Morgan fingerprint density at radius 3 is 2.40 bits per heavy atom. The third-order valence-electron chi connectivity index (χ3n) is 7.10. The lowest BCUT2D eigenvalue weighted by Gasteiger charge is -2.20. The Hall–Kier alpha value is -2.16. The quantitative estimate of drug-likeness (QED) is 0.421. The summed E-state index contributed by atoms with van der Waals surface area (Å²) in [4.78, 5) is 0. The van der Waals surface area contributed by atoms with Crippen LogP contribution in [0.4, 0.5) is 8.78 Å². The fourth-order valence-corrected chi connectivity index (χ4v) is 5.67. The van der Waals surface area contributed by atoms with Crippen LogP contribution in [-0.2, 0) is 0 Å². The average molecular weight is 411 g/mol. The van der Waals surface area contributed by atoms with Crippen LogP contribution in [0.2, 0.25) is 0 Å². The second-order valence-corrected chi connectivity index (χ2v) is 8.76. The van der Waals surface area contributed by atoms with Crippen molar-refractivity contribution in [3.63, 3.8) is 0 Å². The Bertz CT molecular complexity index is 886. The number of allylic oxidation sites excluding steroid dienone is 2. The number of benzene rings is 2. The lowest BCUT2D eigenvalue weighted by molar-refractivity contribution is 0.314. The van der Waals surface area contributed by atoms with Gasteiger partial charge in [-0.25, -0.2) is 4.39 Å². The predicted molar refractivity (Wildman–Crippen MR) is 119 cm³/mol. The molecule has 30 heavy (non-hydrogen) atoms. The number of rotatable bonds is 7. The molecule has 2 fully saturated rings. The molecule has 2 aliphatic rings. The van der Waals surface area contributed by atoms with Gasteiger partial charge in [-0.15, -0.1) is 0 Å². The number of halogens is 2. The maximum absolute atomic E-state index is 14.6. The van der Waals surface area contributed by atoms with Crippen LogP contribution in [0.3, 0.4) is 0 Å². The van der Waals surface area contributed by atoms with E-state index in [0.717, 1.165) is 17.8 Å². The number of unbranched alkanes of at least 4 members (excludes halogenated alkanes) is 1. The van der Waals surface area contributed by atoms with Crippen molar-refractivity contribution >= 4 is 0 Å². The van der Waals surface area contributed by atoms with Crippen LogP contribution < -0.4 is 4.74 Å². The molecule has 0 spiro atoms. The first-order chi connectivity index (χ1) is 14.6. The summed E-state index contributed by atoms with van der Waals surface area (Å²) >= 11 is 0. The third kappa shape index (κ3) is 4.04. The molecule has 0 heterocycles. The van der Waals surface area contributed by atoms with Gasteiger partial charge in [-0.05, 0) is 86.0 Å². The van der Waals surface area contributed by atoms with Crippen LogP contribution in [0, 0.1) is 29.4 Å². The van der Waals surface area contributed by atoms with Gasteiger partial charge in [-0.3, -0.25) is 0 Å². The highest BCUT2D eigenvalue weighted by Gasteiger charge is 2.44. The van der Waals surface area contributed by atoms with Crippen molar-refractivity contribution < 1.29 is 13.5 Å². The molecule has 3 heteroatoms. The van der Waals surface area contributed by atoms with Gasteiger partial charge in [0.1, 0.15) is 0 Å². The zero-order valence-corrected chi connectivity index (χ0v) is 18.0. The lowest BCUT2D eigenvalue weighted by atomic mass is 9.84. The third-order valence-corrected chi connectivity index (χ3v) is 7.10. The minimum atomic E-state index is -0.912. The van der Waals surface area contributed by atoms with Gasteiger partial charge in [0.15, 0.2) is 11.6 Å². The van der Waals surface area contributed by atoms with Crippen molar-refractivity contribution in [3.05, 3.63) is 65.7 Å². The van der Waals surface area contributed by atoms with Gasteiger partial charge in [0, 0.05) is 5.56 Å². The molecule has 0 aliphatic heterocycles. The topological polar surface area (TPSA) is 9.23 Å². The van der Waals surface area contributed by atoms with Crippen molar-refractivity contribution in [1.29, 1.82) is 0 Å². The molecular formula is C27H32F2O. The van der Waals surface area contributed by atoms with E-state index >= 15 is 0 Å².